The van der Waals surface area contributed by atoms with E-state index in [0.717, 1.165) is 5.92 Å². The molecule has 0 bridgehead atoms. The summed E-state index contributed by atoms with van der Waals surface area (Å²) in [4.78, 5) is 0. The molecule has 0 saturated heterocycles. The molecule has 0 aromatic heterocycles. The van der Waals surface area contributed by atoms with Gasteiger partial charge in [0, 0.05) is 5.38 Å². The van der Waals surface area contributed by atoms with Crippen molar-refractivity contribution < 1.29 is 0 Å². The van der Waals surface area contributed by atoms with E-state index in [-0.39, 0.29) is 0 Å². The summed E-state index contributed by atoms with van der Waals surface area (Å²) < 4.78 is 0. The van der Waals surface area contributed by atoms with Crippen LogP contribution in [0.5, 0.6) is 0 Å². The molecule has 42 valence electrons. The predicted octanol–water partition coefficient (Wildman–Crippen LogP) is 2.27. The fraction of sp³-hybridized carbons (Fsp3) is 1.00. The average Bonchev–Trinajstić information content (AvgIpc) is 1.91. The Labute approximate surface area is 49.9 Å². The molecule has 0 aromatic rings. The van der Waals surface area contributed by atoms with Gasteiger partial charge in [0.1, 0.15) is 0 Å². The maximum atomic E-state index is 5.83. The zero-order chi connectivity index (χ0) is 5.65. The van der Waals surface area contributed by atoms with Gasteiger partial charge in [-0.3, -0.25) is 0 Å². The van der Waals surface area contributed by atoms with Crippen molar-refractivity contribution in [1.82, 2.24) is 0 Å². The van der Waals surface area contributed by atoms with E-state index in [1.54, 1.807) is 0 Å². The normalized spacial score (nSPS) is 46.3. The van der Waals surface area contributed by atoms with Crippen molar-refractivity contribution >= 4 is 11.6 Å². The van der Waals surface area contributed by atoms with Gasteiger partial charge < -0.3 is 0 Å². The number of halogens is 1. The summed E-state index contributed by atoms with van der Waals surface area (Å²) in [6.45, 7) is 6.60. The van der Waals surface area contributed by atoms with E-state index in [0.29, 0.717) is 10.8 Å². The van der Waals surface area contributed by atoms with Gasteiger partial charge >= 0.3 is 0 Å². The predicted molar refractivity (Wildman–Crippen MR) is 32.6 cm³/mol. The summed E-state index contributed by atoms with van der Waals surface area (Å²) in [5, 5.41) is 0.438. The van der Waals surface area contributed by atoms with Crippen LogP contribution in [0.25, 0.3) is 0 Å². The lowest BCUT2D eigenvalue weighted by Gasteiger charge is -1.92. The summed E-state index contributed by atoms with van der Waals surface area (Å²) in [6.07, 6.45) is 0. The molecule has 1 fully saturated rings. The molecule has 0 amide bonds. The maximum absolute atomic E-state index is 5.83. The Balaban J connectivity index is 2.52. The Morgan fingerprint density at radius 1 is 1.43 bits per heavy atom. The minimum atomic E-state index is 0.432. The highest BCUT2D eigenvalue weighted by Gasteiger charge is 2.53. The third-order valence-electron chi connectivity index (χ3n) is 2.21. The van der Waals surface area contributed by atoms with Crippen LogP contribution in [0.4, 0.5) is 0 Å². The van der Waals surface area contributed by atoms with Crippen LogP contribution < -0.4 is 0 Å². The molecule has 0 N–H and O–H groups in total. The molecule has 7 heavy (non-hydrogen) atoms. The van der Waals surface area contributed by atoms with E-state index in [2.05, 4.69) is 20.8 Å². The molecule has 0 spiro atoms. The van der Waals surface area contributed by atoms with E-state index in [1.807, 2.05) is 0 Å². The topological polar surface area (TPSA) is 0 Å². The summed E-state index contributed by atoms with van der Waals surface area (Å²) in [5.41, 5.74) is 0.432. The first-order valence-corrected chi connectivity index (χ1v) is 3.14. The first kappa shape index (κ1) is 5.43. The molecule has 2 unspecified atom stereocenters. The van der Waals surface area contributed by atoms with Crippen molar-refractivity contribution in [2.24, 2.45) is 11.3 Å². The Morgan fingerprint density at radius 3 is 1.57 bits per heavy atom. The fourth-order valence-corrected chi connectivity index (χ4v) is 1.27. The standard InChI is InChI=1S/C6H11Cl/c1-4-5(7)6(4,2)3/h4-5H,1-3H3. The van der Waals surface area contributed by atoms with Crippen molar-refractivity contribution in [3.8, 4) is 0 Å². The average molecular weight is 119 g/mol. The molecular weight excluding hydrogens is 108 g/mol. The minimum absolute atomic E-state index is 0.432. The van der Waals surface area contributed by atoms with Gasteiger partial charge in [0.15, 0.2) is 0 Å². The molecule has 1 heteroatoms. The van der Waals surface area contributed by atoms with E-state index < -0.39 is 0 Å². The molecule has 0 heterocycles. The second-order valence-electron chi connectivity index (χ2n) is 3.01. The highest BCUT2D eigenvalue weighted by atomic mass is 35.5. The van der Waals surface area contributed by atoms with Gasteiger partial charge in [-0.1, -0.05) is 20.8 Å². The van der Waals surface area contributed by atoms with Crippen LogP contribution in [0.2, 0.25) is 0 Å². The van der Waals surface area contributed by atoms with Crippen molar-refractivity contribution in [3.63, 3.8) is 0 Å². The van der Waals surface area contributed by atoms with E-state index in [9.17, 15) is 0 Å². The second kappa shape index (κ2) is 1.17. The van der Waals surface area contributed by atoms with Crippen LogP contribution in [0.3, 0.4) is 0 Å². The van der Waals surface area contributed by atoms with E-state index in [4.69, 9.17) is 11.6 Å². The Bertz CT molecular complexity index is 76.2. The van der Waals surface area contributed by atoms with Crippen LogP contribution >= 0.6 is 11.6 Å². The lowest BCUT2D eigenvalue weighted by molar-refractivity contribution is 0.587. The molecule has 2 atom stereocenters. The summed E-state index contributed by atoms with van der Waals surface area (Å²) in [7, 11) is 0. The van der Waals surface area contributed by atoms with Crippen molar-refractivity contribution in [1.29, 1.82) is 0 Å². The summed E-state index contributed by atoms with van der Waals surface area (Å²) >= 11 is 5.83. The Morgan fingerprint density at radius 2 is 1.57 bits per heavy atom. The summed E-state index contributed by atoms with van der Waals surface area (Å²) in [5.74, 6) is 0.731. The number of hydrogen-bond donors (Lipinski definition) is 0. The zero-order valence-electron chi connectivity index (χ0n) is 5.03. The van der Waals surface area contributed by atoms with Crippen LogP contribution in [0, 0.1) is 11.3 Å². The smallest absolute Gasteiger partial charge is 0.0421 e. The van der Waals surface area contributed by atoms with Gasteiger partial charge in [-0.05, 0) is 11.3 Å². The number of rotatable bonds is 0. The molecule has 1 aliphatic carbocycles. The zero-order valence-corrected chi connectivity index (χ0v) is 5.79. The van der Waals surface area contributed by atoms with Crippen molar-refractivity contribution in [3.05, 3.63) is 0 Å². The first-order chi connectivity index (χ1) is 3.07. The fourth-order valence-electron chi connectivity index (χ4n) is 0.822. The molecule has 0 aliphatic heterocycles. The van der Waals surface area contributed by atoms with Crippen LogP contribution in [0.15, 0.2) is 0 Å². The molecule has 0 nitrogen and oxygen atoms in total. The largest absolute Gasteiger partial charge is 0.122 e. The van der Waals surface area contributed by atoms with Crippen molar-refractivity contribution in [2.75, 3.05) is 0 Å². The van der Waals surface area contributed by atoms with Crippen LogP contribution in [0.1, 0.15) is 20.8 Å². The SMILES string of the molecule is CC1C(Cl)C1(C)C. The minimum Gasteiger partial charge on any atom is -0.122 e. The van der Waals surface area contributed by atoms with E-state index >= 15 is 0 Å². The van der Waals surface area contributed by atoms with Gasteiger partial charge in [-0.25, -0.2) is 0 Å². The molecule has 1 saturated carbocycles. The molecule has 0 aromatic carbocycles. The number of alkyl halides is 1. The summed E-state index contributed by atoms with van der Waals surface area (Å²) in [6, 6.07) is 0. The number of hydrogen-bond acceptors (Lipinski definition) is 0. The van der Waals surface area contributed by atoms with Gasteiger partial charge in [-0.2, -0.15) is 0 Å². The maximum Gasteiger partial charge on any atom is 0.0421 e. The Hall–Kier alpha value is 0.290. The van der Waals surface area contributed by atoms with Gasteiger partial charge in [0.2, 0.25) is 0 Å². The van der Waals surface area contributed by atoms with Gasteiger partial charge in [-0.15, -0.1) is 11.6 Å². The van der Waals surface area contributed by atoms with Crippen molar-refractivity contribution in [2.45, 2.75) is 26.1 Å². The van der Waals surface area contributed by atoms with Gasteiger partial charge in [0.25, 0.3) is 0 Å². The highest BCUT2D eigenvalue weighted by Crippen LogP contribution is 2.55. The van der Waals surface area contributed by atoms with Crippen LogP contribution in [-0.2, 0) is 0 Å². The highest BCUT2D eigenvalue weighted by molar-refractivity contribution is 6.23. The lowest BCUT2D eigenvalue weighted by Crippen LogP contribution is -1.86. The third kappa shape index (κ3) is 0.567. The van der Waals surface area contributed by atoms with E-state index in [1.165, 1.54) is 0 Å². The molecule has 0 radical (unpaired) electrons. The molecular formula is C6H11Cl. The van der Waals surface area contributed by atoms with Gasteiger partial charge in [0.05, 0.1) is 0 Å². The molecule has 1 rings (SSSR count). The monoisotopic (exact) mass is 118 g/mol. The Kier molecular flexibility index (Phi) is 0.904. The van der Waals surface area contributed by atoms with Crippen LogP contribution in [-0.4, -0.2) is 5.38 Å². The quantitative estimate of drug-likeness (QED) is 0.428. The lowest BCUT2D eigenvalue weighted by atomic mass is 10.1. The third-order valence-corrected chi connectivity index (χ3v) is 3.15. The second-order valence-corrected chi connectivity index (χ2v) is 3.48. The first-order valence-electron chi connectivity index (χ1n) is 2.71. The molecule has 1 aliphatic rings.